The van der Waals surface area contributed by atoms with Gasteiger partial charge in [0, 0.05) is 37.5 Å². The number of aryl methyl sites for hydroxylation is 1. The van der Waals surface area contributed by atoms with Gasteiger partial charge in [-0.3, -0.25) is 9.78 Å². The van der Waals surface area contributed by atoms with Crippen molar-refractivity contribution in [2.75, 3.05) is 25.0 Å². The molecule has 0 bridgehead atoms. The van der Waals surface area contributed by atoms with Gasteiger partial charge in [-0.15, -0.1) is 0 Å². The molecule has 1 aliphatic heterocycles. The molecule has 8 heteroatoms. The average molecular weight is 436 g/mol. The van der Waals surface area contributed by atoms with Gasteiger partial charge in [0.1, 0.15) is 23.2 Å². The van der Waals surface area contributed by atoms with Gasteiger partial charge in [-0.25, -0.2) is 14.4 Å². The second-order valence-corrected chi connectivity index (χ2v) is 7.86. The lowest BCUT2D eigenvalue weighted by molar-refractivity contribution is -0.132. The molecule has 32 heavy (non-hydrogen) atoms. The van der Waals surface area contributed by atoms with Crippen LogP contribution in [-0.4, -0.2) is 45.5 Å². The molecule has 3 heterocycles. The maximum atomic E-state index is 13.2. The third-order valence-electron chi connectivity index (χ3n) is 5.48. The van der Waals surface area contributed by atoms with Gasteiger partial charge < -0.3 is 15.0 Å². The lowest BCUT2D eigenvalue weighted by atomic mass is 9.95. The molecule has 2 aromatic heterocycles. The monoisotopic (exact) mass is 435 g/mol. The quantitative estimate of drug-likeness (QED) is 0.598. The molecule has 1 fully saturated rings. The summed E-state index contributed by atoms with van der Waals surface area (Å²) in [5.74, 6) is 1.60. The molecule has 4 rings (SSSR count). The van der Waals surface area contributed by atoms with Gasteiger partial charge >= 0.3 is 0 Å². The first-order chi connectivity index (χ1) is 15.6. The van der Waals surface area contributed by atoms with E-state index in [9.17, 15) is 9.18 Å². The fourth-order valence-corrected chi connectivity index (χ4v) is 3.79. The number of hydrogen-bond acceptors (Lipinski definition) is 6. The molecule has 1 aromatic carbocycles. The van der Waals surface area contributed by atoms with Crippen LogP contribution in [0.4, 0.5) is 16.0 Å². The smallest absolute Gasteiger partial charge is 0.226 e. The highest BCUT2D eigenvalue weighted by Crippen LogP contribution is 2.27. The standard InChI is InChI=1S/C24H26FN5O2/c1-17-5-3-10-27-24(17)29-22-15-26-14-21(28-22)18-6-4-11-30(16-18)23(31)9-12-32-20-8-2-7-19(25)13-20/h2-3,5,7-8,10,13-15,18H,4,6,9,11-12,16H2,1H3,(H,27,28,29)/t18-/m0/s1. The largest absolute Gasteiger partial charge is 0.493 e. The van der Waals surface area contributed by atoms with Crippen molar-refractivity contribution in [2.45, 2.75) is 32.1 Å². The summed E-state index contributed by atoms with van der Waals surface area (Å²) in [6.45, 7) is 3.51. The maximum Gasteiger partial charge on any atom is 0.226 e. The van der Waals surface area contributed by atoms with E-state index in [2.05, 4.69) is 15.3 Å². The number of rotatable bonds is 7. The normalized spacial score (nSPS) is 15.9. The molecular formula is C24H26FN5O2. The van der Waals surface area contributed by atoms with Crippen molar-refractivity contribution in [1.29, 1.82) is 0 Å². The van der Waals surface area contributed by atoms with E-state index < -0.39 is 0 Å². The number of piperidine rings is 1. The van der Waals surface area contributed by atoms with E-state index in [1.165, 1.54) is 12.1 Å². The molecule has 1 amide bonds. The lowest BCUT2D eigenvalue weighted by Gasteiger charge is -2.32. The number of aromatic nitrogens is 3. The zero-order valence-electron chi connectivity index (χ0n) is 18.0. The van der Waals surface area contributed by atoms with Gasteiger partial charge in [-0.05, 0) is 43.5 Å². The van der Waals surface area contributed by atoms with Crippen molar-refractivity contribution in [2.24, 2.45) is 0 Å². The van der Waals surface area contributed by atoms with E-state index in [0.717, 1.165) is 29.9 Å². The highest BCUT2D eigenvalue weighted by Gasteiger charge is 2.26. The highest BCUT2D eigenvalue weighted by molar-refractivity contribution is 5.76. The summed E-state index contributed by atoms with van der Waals surface area (Å²) >= 11 is 0. The Morgan fingerprint density at radius 2 is 2.19 bits per heavy atom. The lowest BCUT2D eigenvalue weighted by Crippen LogP contribution is -2.39. The van der Waals surface area contributed by atoms with Crippen LogP contribution in [0.15, 0.2) is 55.0 Å². The van der Waals surface area contributed by atoms with Crippen LogP contribution < -0.4 is 10.1 Å². The first-order valence-corrected chi connectivity index (χ1v) is 10.8. The highest BCUT2D eigenvalue weighted by atomic mass is 19.1. The molecule has 166 valence electrons. The summed E-state index contributed by atoms with van der Waals surface area (Å²) in [6, 6.07) is 9.80. The van der Waals surface area contributed by atoms with Gasteiger partial charge in [0.2, 0.25) is 5.91 Å². The summed E-state index contributed by atoms with van der Waals surface area (Å²) < 4.78 is 18.8. The second-order valence-electron chi connectivity index (χ2n) is 7.86. The van der Waals surface area contributed by atoms with Crippen LogP contribution in [0, 0.1) is 12.7 Å². The van der Waals surface area contributed by atoms with Gasteiger partial charge in [-0.1, -0.05) is 12.1 Å². The fraction of sp³-hybridized carbons (Fsp3) is 0.333. The minimum atomic E-state index is -0.358. The predicted molar refractivity (Wildman–Crippen MR) is 119 cm³/mol. The first-order valence-electron chi connectivity index (χ1n) is 10.8. The van der Waals surface area contributed by atoms with Crippen LogP contribution in [0.3, 0.4) is 0 Å². The number of pyridine rings is 1. The van der Waals surface area contributed by atoms with Gasteiger partial charge in [0.15, 0.2) is 0 Å². The Labute approximate surface area is 186 Å². The number of likely N-dealkylation sites (tertiary alicyclic amines) is 1. The number of benzene rings is 1. The topological polar surface area (TPSA) is 80.2 Å². The third kappa shape index (κ3) is 5.57. The number of hydrogen-bond donors (Lipinski definition) is 1. The molecule has 0 spiro atoms. The molecule has 0 aliphatic carbocycles. The van der Waals surface area contributed by atoms with Crippen molar-refractivity contribution in [3.63, 3.8) is 0 Å². The van der Waals surface area contributed by atoms with Gasteiger partial charge in [0.05, 0.1) is 24.9 Å². The molecule has 7 nitrogen and oxygen atoms in total. The molecule has 1 saturated heterocycles. The van der Waals surface area contributed by atoms with E-state index in [0.29, 0.717) is 24.7 Å². The van der Waals surface area contributed by atoms with E-state index in [-0.39, 0.29) is 30.7 Å². The van der Waals surface area contributed by atoms with Crippen molar-refractivity contribution in [3.8, 4) is 5.75 Å². The Morgan fingerprint density at radius 3 is 3.03 bits per heavy atom. The molecule has 3 aromatic rings. The van der Waals surface area contributed by atoms with Crippen molar-refractivity contribution < 1.29 is 13.9 Å². The molecule has 0 radical (unpaired) electrons. The minimum Gasteiger partial charge on any atom is -0.493 e. The Hall–Kier alpha value is -3.55. The van der Waals surface area contributed by atoms with E-state index in [1.807, 2.05) is 24.0 Å². The number of anilines is 2. The Balaban J connectivity index is 1.34. The summed E-state index contributed by atoms with van der Waals surface area (Å²) in [6.07, 6.45) is 7.27. The molecule has 0 saturated carbocycles. The van der Waals surface area contributed by atoms with Crippen molar-refractivity contribution >= 4 is 17.5 Å². The van der Waals surface area contributed by atoms with E-state index >= 15 is 0 Å². The summed E-state index contributed by atoms with van der Waals surface area (Å²) in [7, 11) is 0. The van der Waals surface area contributed by atoms with Gasteiger partial charge in [-0.2, -0.15) is 0 Å². The summed E-state index contributed by atoms with van der Waals surface area (Å²) in [5.41, 5.74) is 1.88. The van der Waals surface area contributed by atoms with Gasteiger partial charge in [0.25, 0.3) is 0 Å². The number of halogens is 1. The maximum absolute atomic E-state index is 13.2. The third-order valence-corrected chi connectivity index (χ3v) is 5.48. The number of nitrogens with zero attached hydrogens (tertiary/aromatic N) is 4. The fourth-order valence-electron chi connectivity index (χ4n) is 3.79. The van der Waals surface area contributed by atoms with Crippen molar-refractivity contribution in [3.05, 3.63) is 72.1 Å². The zero-order valence-corrected chi connectivity index (χ0v) is 18.0. The van der Waals surface area contributed by atoms with Crippen LogP contribution in [0.5, 0.6) is 5.75 Å². The molecular weight excluding hydrogens is 409 g/mol. The molecule has 0 unspecified atom stereocenters. The first kappa shape index (κ1) is 21.7. The van der Waals surface area contributed by atoms with Crippen LogP contribution >= 0.6 is 0 Å². The van der Waals surface area contributed by atoms with Crippen LogP contribution in [0.1, 0.15) is 36.4 Å². The number of ether oxygens (including phenoxy) is 1. The predicted octanol–water partition coefficient (Wildman–Crippen LogP) is 4.24. The number of nitrogens with one attached hydrogen (secondary N) is 1. The van der Waals surface area contributed by atoms with E-state index in [1.54, 1.807) is 30.7 Å². The SMILES string of the molecule is Cc1cccnc1Nc1cncc([C@H]2CCCN(C(=O)CCOc3cccc(F)c3)C2)n1. The number of carbonyl (C=O) groups is 1. The Bertz CT molecular complexity index is 1080. The molecule has 1 aliphatic rings. The molecule has 1 atom stereocenters. The Kier molecular flexibility index (Phi) is 6.89. The van der Waals surface area contributed by atoms with Crippen molar-refractivity contribution in [1.82, 2.24) is 19.9 Å². The minimum absolute atomic E-state index is 0.0254. The summed E-state index contributed by atoms with van der Waals surface area (Å²) in [4.78, 5) is 28.0. The number of carbonyl (C=O) groups excluding carboxylic acids is 1. The summed E-state index contributed by atoms with van der Waals surface area (Å²) in [5, 5.41) is 3.22. The number of amides is 1. The average Bonchev–Trinajstić information content (AvgIpc) is 2.81. The van der Waals surface area contributed by atoms with Crippen LogP contribution in [-0.2, 0) is 4.79 Å². The Morgan fingerprint density at radius 1 is 1.28 bits per heavy atom. The van der Waals surface area contributed by atoms with Crippen LogP contribution in [0.25, 0.3) is 0 Å². The molecule has 1 N–H and O–H groups in total. The second kappa shape index (κ2) is 10.2. The zero-order chi connectivity index (χ0) is 22.3. The van der Waals surface area contributed by atoms with E-state index in [4.69, 9.17) is 9.72 Å². The van der Waals surface area contributed by atoms with Crippen LogP contribution in [0.2, 0.25) is 0 Å².